The fourth-order valence-electron chi connectivity index (χ4n) is 3.88. The van der Waals surface area contributed by atoms with Crippen molar-refractivity contribution in [3.8, 4) is 0 Å². The largest absolute Gasteiger partial charge is 0.326 e. The maximum absolute atomic E-state index is 6.10. The Bertz CT molecular complexity index is 675. The minimum absolute atomic E-state index is 0.615. The summed E-state index contributed by atoms with van der Waals surface area (Å²) in [5, 5.41) is 0. The average molecular weight is 322 g/mol. The van der Waals surface area contributed by atoms with Crippen molar-refractivity contribution in [3.05, 3.63) is 64.3 Å². The van der Waals surface area contributed by atoms with Crippen molar-refractivity contribution in [2.24, 2.45) is 5.73 Å². The van der Waals surface area contributed by atoms with E-state index in [1.54, 1.807) is 5.57 Å². The Morgan fingerprint density at radius 3 is 2.75 bits per heavy atom. The Kier molecular flexibility index (Phi) is 5.70. The molecular weight excluding hydrogens is 292 g/mol. The van der Waals surface area contributed by atoms with Crippen LogP contribution in [0.3, 0.4) is 0 Å². The van der Waals surface area contributed by atoms with E-state index < -0.39 is 0 Å². The predicted octanol–water partition coefficient (Wildman–Crippen LogP) is 4.46. The van der Waals surface area contributed by atoms with Crippen LogP contribution in [-0.2, 0) is 13.0 Å². The molecule has 2 N–H and O–H groups in total. The highest BCUT2D eigenvalue weighted by Gasteiger charge is 2.20. The fraction of sp³-hybridized carbons (Fsp3) is 0.455. The molecule has 1 aromatic rings. The highest BCUT2D eigenvalue weighted by Crippen LogP contribution is 2.40. The molecule has 2 aliphatic carbocycles. The molecule has 0 aliphatic heterocycles. The number of hydrogen-bond acceptors (Lipinski definition) is 2. The molecule has 128 valence electrons. The Morgan fingerprint density at radius 1 is 1.17 bits per heavy atom. The van der Waals surface area contributed by atoms with E-state index in [0.29, 0.717) is 6.54 Å². The highest BCUT2D eigenvalue weighted by molar-refractivity contribution is 5.85. The summed E-state index contributed by atoms with van der Waals surface area (Å²) in [6.07, 6.45) is 11.5. The van der Waals surface area contributed by atoms with Crippen molar-refractivity contribution < 1.29 is 0 Å². The van der Waals surface area contributed by atoms with Crippen molar-refractivity contribution in [3.63, 3.8) is 0 Å². The second-order valence-corrected chi connectivity index (χ2v) is 6.74. The van der Waals surface area contributed by atoms with E-state index in [0.717, 1.165) is 38.9 Å². The first-order valence-corrected chi connectivity index (χ1v) is 9.40. The van der Waals surface area contributed by atoms with Crippen LogP contribution in [0.1, 0.15) is 49.8 Å². The van der Waals surface area contributed by atoms with Crippen LogP contribution in [0.5, 0.6) is 0 Å². The molecule has 0 heterocycles. The molecule has 1 aromatic carbocycles. The van der Waals surface area contributed by atoms with E-state index in [1.807, 2.05) is 0 Å². The minimum Gasteiger partial charge on any atom is -0.326 e. The van der Waals surface area contributed by atoms with Crippen molar-refractivity contribution in [1.82, 2.24) is 4.90 Å². The third-order valence-electron chi connectivity index (χ3n) is 5.41. The molecule has 0 radical (unpaired) electrons. The average Bonchev–Trinajstić information content (AvgIpc) is 3.06. The van der Waals surface area contributed by atoms with Crippen molar-refractivity contribution >= 4 is 5.57 Å². The second kappa shape index (κ2) is 7.96. The van der Waals surface area contributed by atoms with E-state index in [1.165, 1.54) is 34.3 Å². The number of rotatable bonds is 7. The number of hydrogen-bond donors (Lipinski definition) is 1. The van der Waals surface area contributed by atoms with Crippen LogP contribution in [0, 0.1) is 0 Å². The van der Waals surface area contributed by atoms with Crippen LogP contribution in [0.2, 0.25) is 0 Å². The van der Waals surface area contributed by atoms with Crippen LogP contribution in [0.15, 0.2) is 47.6 Å². The molecule has 0 unspecified atom stereocenters. The molecule has 2 heteroatoms. The van der Waals surface area contributed by atoms with Gasteiger partial charge in [-0.1, -0.05) is 50.3 Å². The van der Waals surface area contributed by atoms with Crippen LogP contribution in [0.4, 0.5) is 0 Å². The van der Waals surface area contributed by atoms with Gasteiger partial charge in [-0.05, 0) is 72.2 Å². The monoisotopic (exact) mass is 322 g/mol. The van der Waals surface area contributed by atoms with Gasteiger partial charge in [-0.3, -0.25) is 0 Å². The molecular formula is C22H30N2. The van der Waals surface area contributed by atoms with Crippen LogP contribution >= 0.6 is 0 Å². The molecule has 2 aliphatic rings. The van der Waals surface area contributed by atoms with Crippen molar-refractivity contribution in [1.29, 1.82) is 0 Å². The first-order chi connectivity index (χ1) is 11.8. The molecule has 0 spiro atoms. The quantitative estimate of drug-likeness (QED) is 0.803. The summed E-state index contributed by atoms with van der Waals surface area (Å²) in [7, 11) is 0. The molecule has 2 nitrogen and oxygen atoms in total. The van der Waals surface area contributed by atoms with E-state index >= 15 is 0 Å². The van der Waals surface area contributed by atoms with Gasteiger partial charge in [0.1, 0.15) is 0 Å². The van der Waals surface area contributed by atoms with E-state index in [2.05, 4.69) is 55.2 Å². The number of benzene rings is 1. The molecule has 0 saturated heterocycles. The number of allylic oxidation sites excluding steroid dienone is 6. The van der Waals surface area contributed by atoms with Gasteiger partial charge in [0.25, 0.3) is 0 Å². The van der Waals surface area contributed by atoms with Gasteiger partial charge in [-0.25, -0.2) is 0 Å². The lowest BCUT2D eigenvalue weighted by atomic mass is 9.89. The lowest BCUT2D eigenvalue weighted by Crippen LogP contribution is -2.25. The third-order valence-corrected chi connectivity index (χ3v) is 5.41. The van der Waals surface area contributed by atoms with Gasteiger partial charge in [0.05, 0.1) is 0 Å². The summed E-state index contributed by atoms with van der Waals surface area (Å²) in [4.78, 5) is 2.47. The molecule has 0 saturated carbocycles. The standard InChI is InChI=1S/C22H30N2/c1-3-24(4-2)14-13-17-9-11-21(19(15-17)16-23)22-12-10-18-7-5-6-8-20(18)22/h5,7,9,11-12,15H,3-4,6,8,10,13-14,16,23H2,1-2H3. The van der Waals surface area contributed by atoms with Gasteiger partial charge >= 0.3 is 0 Å². The maximum atomic E-state index is 6.10. The zero-order valence-electron chi connectivity index (χ0n) is 15.1. The number of nitrogens with zero attached hydrogens (tertiary/aromatic N) is 1. The SMILES string of the molecule is CCN(CC)CCc1ccc(C2=CCC3=C2CCC=C3)c(CN)c1. The summed E-state index contributed by atoms with van der Waals surface area (Å²) >= 11 is 0. The highest BCUT2D eigenvalue weighted by atomic mass is 15.1. The Balaban J connectivity index is 1.80. The minimum atomic E-state index is 0.615. The number of nitrogens with two attached hydrogens (primary N) is 1. The first-order valence-electron chi connectivity index (χ1n) is 9.40. The summed E-state index contributed by atoms with van der Waals surface area (Å²) in [5.74, 6) is 0. The second-order valence-electron chi connectivity index (χ2n) is 6.74. The molecule has 0 atom stereocenters. The van der Waals surface area contributed by atoms with Gasteiger partial charge in [-0.2, -0.15) is 0 Å². The fourth-order valence-corrected chi connectivity index (χ4v) is 3.88. The van der Waals surface area contributed by atoms with E-state index in [4.69, 9.17) is 5.73 Å². The summed E-state index contributed by atoms with van der Waals surface area (Å²) in [6, 6.07) is 6.94. The third kappa shape index (κ3) is 3.55. The smallest absolute Gasteiger partial charge is 0.0184 e. The van der Waals surface area contributed by atoms with Crippen LogP contribution in [-0.4, -0.2) is 24.5 Å². The van der Waals surface area contributed by atoms with Gasteiger partial charge in [0.2, 0.25) is 0 Å². The van der Waals surface area contributed by atoms with Crippen LogP contribution in [0.25, 0.3) is 5.57 Å². The van der Waals surface area contributed by atoms with Gasteiger partial charge in [0, 0.05) is 13.1 Å². The first kappa shape index (κ1) is 17.2. The summed E-state index contributed by atoms with van der Waals surface area (Å²) < 4.78 is 0. The Hall–Kier alpha value is -1.64. The van der Waals surface area contributed by atoms with E-state index in [-0.39, 0.29) is 0 Å². The van der Waals surface area contributed by atoms with Gasteiger partial charge < -0.3 is 10.6 Å². The summed E-state index contributed by atoms with van der Waals surface area (Å²) in [6.45, 7) is 8.44. The zero-order chi connectivity index (χ0) is 16.9. The topological polar surface area (TPSA) is 29.3 Å². The molecule has 24 heavy (non-hydrogen) atoms. The zero-order valence-corrected chi connectivity index (χ0v) is 15.1. The lowest BCUT2D eigenvalue weighted by Gasteiger charge is -2.19. The summed E-state index contributed by atoms with van der Waals surface area (Å²) in [5.41, 5.74) is 14.6. The molecule has 0 aromatic heterocycles. The molecule has 0 amide bonds. The molecule has 0 bridgehead atoms. The maximum Gasteiger partial charge on any atom is 0.0184 e. The van der Waals surface area contributed by atoms with Crippen LogP contribution < -0.4 is 5.73 Å². The van der Waals surface area contributed by atoms with Crippen molar-refractivity contribution in [2.45, 2.75) is 46.1 Å². The predicted molar refractivity (Wildman–Crippen MR) is 104 cm³/mol. The molecule has 0 fully saturated rings. The Labute approximate surface area is 146 Å². The molecule has 3 rings (SSSR count). The number of likely N-dealkylation sites (N-methyl/N-ethyl adjacent to an activating group) is 1. The van der Waals surface area contributed by atoms with Gasteiger partial charge in [0.15, 0.2) is 0 Å². The van der Waals surface area contributed by atoms with Crippen molar-refractivity contribution in [2.75, 3.05) is 19.6 Å². The van der Waals surface area contributed by atoms with E-state index in [9.17, 15) is 0 Å². The lowest BCUT2D eigenvalue weighted by molar-refractivity contribution is 0.308. The normalized spacial score (nSPS) is 16.8. The Morgan fingerprint density at radius 2 is 2.00 bits per heavy atom. The van der Waals surface area contributed by atoms with Gasteiger partial charge in [-0.15, -0.1) is 0 Å².